The zero-order valence-electron chi connectivity index (χ0n) is 19.2. The third kappa shape index (κ3) is 5.52. The predicted molar refractivity (Wildman–Crippen MR) is 133 cm³/mol. The molecule has 3 heteroatoms. The number of halogens is 1. The minimum Gasteiger partial charge on any atom is -0.264 e. The van der Waals surface area contributed by atoms with Crippen LogP contribution in [0.3, 0.4) is 0 Å². The van der Waals surface area contributed by atoms with E-state index in [0.29, 0.717) is 5.15 Å². The van der Waals surface area contributed by atoms with E-state index in [1.807, 2.05) is 28.9 Å². The fourth-order valence-electron chi connectivity index (χ4n) is 5.70. The molecule has 1 heterocycles. The number of hydrogen-bond acceptors (Lipinski definition) is 1. The first-order chi connectivity index (χ1) is 15.2. The first-order valence-corrected chi connectivity index (χ1v) is 12.7. The Balaban J connectivity index is 0.000000166. The van der Waals surface area contributed by atoms with Gasteiger partial charge in [0.05, 0.1) is 5.52 Å². The van der Waals surface area contributed by atoms with E-state index in [4.69, 9.17) is 11.6 Å². The van der Waals surface area contributed by atoms with Crippen LogP contribution in [0.15, 0.2) is 48.5 Å². The molecule has 0 unspecified atom stereocenters. The van der Waals surface area contributed by atoms with Gasteiger partial charge in [0.2, 0.25) is 0 Å². The van der Waals surface area contributed by atoms with Crippen LogP contribution in [0.5, 0.6) is 0 Å². The normalized spacial score (nSPS) is 22.2. The maximum atomic E-state index is 5.92. The average Bonchev–Trinajstić information content (AvgIpc) is 3.17. The van der Waals surface area contributed by atoms with Crippen molar-refractivity contribution in [3.05, 3.63) is 64.8 Å². The summed E-state index contributed by atoms with van der Waals surface area (Å²) in [5.41, 5.74) is 4.08. The van der Waals surface area contributed by atoms with Crippen LogP contribution in [-0.2, 0) is 6.54 Å². The molecule has 2 aromatic carbocycles. The molecule has 0 radical (unpaired) electrons. The highest BCUT2D eigenvalue weighted by atomic mass is 35.5. The molecular formula is C28H37ClN2. The van der Waals surface area contributed by atoms with Crippen LogP contribution in [0, 0.1) is 18.8 Å². The summed E-state index contributed by atoms with van der Waals surface area (Å²) in [5.74, 6) is 2.98. The van der Waals surface area contributed by atoms with Crippen molar-refractivity contribution in [2.24, 2.45) is 11.8 Å². The highest BCUT2D eigenvalue weighted by Crippen LogP contribution is 2.42. The number of hydrogen-bond donors (Lipinski definition) is 0. The lowest BCUT2D eigenvalue weighted by atomic mass is 9.70. The van der Waals surface area contributed by atoms with E-state index >= 15 is 0 Å². The van der Waals surface area contributed by atoms with Crippen molar-refractivity contribution in [1.29, 1.82) is 0 Å². The molecule has 5 rings (SSSR count). The first kappa shape index (κ1) is 22.4. The van der Waals surface area contributed by atoms with E-state index in [0.717, 1.165) is 35.2 Å². The van der Waals surface area contributed by atoms with Crippen LogP contribution in [0.2, 0.25) is 5.15 Å². The molecule has 31 heavy (non-hydrogen) atoms. The minimum absolute atomic E-state index is 0.590. The molecule has 0 atom stereocenters. The van der Waals surface area contributed by atoms with Gasteiger partial charge in [0.15, 0.2) is 5.15 Å². The number of para-hydroxylation sites is 1. The van der Waals surface area contributed by atoms with Gasteiger partial charge < -0.3 is 0 Å². The standard InChI is InChI=1S/C19H28.C9H9ClN2/c1-15-7-9-17(10-8-15)19-13-11-18(12-14-19)16-5-3-2-4-6-16;1-2-12-8-6-4-3-5-7(8)9(10)11-12/h7-10,16,18-19H,2-6,11-14H2,1H3;3-6H,2H2,1H3. The van der Waals surface area contributed by atoms with Gasteiger partial charge in [0.25, 0.3) is 0 Å². The van der Waals surface area contributed by atoms with Gasteiger partial charge >= 0.3 is 0 Å². The van der Waals surface area contributed by atoms with Gasteiger partial charge in [0, 0.05) is 11.9 Å². The Bertz CT molecular complexity index is 945. The van der Waals surface area contributed by atoms with E-state index in [1.165, 1.54) is 63.4 Å². The van der Waals surface area contributed by atoms with Crippen molar-refractivity contribution >= 4 is 22.5 Å². The maximum absolute atomic E-state index is 5.92. The second-order valence-corrected chi connectivity index (χ2v) is 9.90. The summed E-state index contributed by atoms with van der Waals surface area (Å²) < 4.78 is 1.90. The molecule has 0 bridgehead atoms. The van der Waals surface area contributed by atoms with Gasteiger partial charge in [-0.1, -0.05) is 85.7 Å². The smallest absolute Gasteiger partial charge is 0.158 e. The molecule has 166 valence electrons. The quantitative estimate of drug-likeness (QED) is 0.402. The number of nitrogens with zero attached hydrogens (tertiary/aromatic N) is 2. The lowest BCUT2D eigenvalue weighted by molar-refractivity contribution is 0.186. The van der Waals surface area contributed by atoms with Crippen molar-refractivity contribution in [2.45, 2.75) is 84.1 Å². The van der Waals surface area contributed by atoms with Crippen molar-refractivity contribution < 1.29 is 0 Å². The number of fused-ring (bicyclic) bond motifs is 1. The van der Waals surface area contributed by atoms with Gasteiger partial charge in [0.1, 0.15) is 0 Å². The summed E-state index contributed by atoms with van der Waals surface area (Å²) in [5, 5.41) is 5.81. The zero-order valence-corrected chi connectivity index (χ0v) is 20.0. The van der Waals surface area contributed by atoms with E-state index < -0.39 is 0 Å². The zero-order chi connectivity index (χ0) is 21.6. The molecule has 0 spiro atoms. The molecule has 0 saturated heterocycles. The molecular weight excluding hydrogens is 400 g/mol. The SMILES string of the molecule is CCn1nc(Cl)c2ccccc21.Cc1ccc(C2CCC(C3CCCCC3)CC2)cc1. The second kappa shape index (κ2) is 10.7. The third-order valence-electron chi connectivity index (χ3n) is 7.55. The van der Waals surface area contributed by atoms with Crippen molar-refractivity contribution in [1.82, 2.24) is 9.78 Å². The summed E-state index contributed by atoms with van der Waals surface area (Å²) >= 11 is 5.92. The monoisotopic (exact) mass is 436 g/mol. The summed E-state index contributed by atoms with van der Waals surface area (Å²) in [6.45, 7) is 5.09. The lowest BCUT2D eigenvalue weighted by Gasteiger charge is -2.36. The van der Waals surface area contributed by atoms with Crippen molar-refractivity contribution in [3.63, 3.8) is 0 Å². The molecule has 2 aliphatic rings. The molecule has 0 N–H and O–H groups in total. The Labute approximate surface area is 193 Å². The highest BCUT2D eigenvalue weighted by Gasteiger charge is 2.28. The summed E-state index contributed by atoms with van der Waals surface area (Å²) in [4.78, 5) is 0. The maximum Gasteiger partial charge on any atom is 0.158 e. The molecule has 0 aliphatic heterocycles. The van der Waals surface area contributed by atoms with Crippen LogP contribution in [0.25, 0.3) is 10.9 Å². The molecule has 3 aromatic rings. The number of rotatable bonds is 3. The third-order valence-corrected chi connectivity index (χ3v) is 7.83. The number of benzene rings is 2. The van der Waals surface area contributed by atoms with Gasteiger partial charge in [-0.05, 0) is 75.0 Å². The fourth-order valence-corrected chi connectivity index (χ4v) is 5.95. The Morgan fingerprint density at radius 3 is 2.16 bits per heavy atom. The summed E-state index contributed by atoms with van der Waals surface area (Å²) in [6.07, 6.45) is 13.4. The average molecular weight is 437 g/mol. The van der Waals surface area contributed by atoms with Gasteiger partial charge in [-0.3, -0.25) is 4.68 Å². The van der Waals surface area contributed by atoms with Gasteiger partial charge in [-0.25, -0.2) is 0 Å². The van der Waals surface area contributed by atoms with Crippen LogP contribution in [-0.4, -0.2) is 9.78 Å². The Morgan fingerprint density at radius 2 is 1.48 bits per heavy atom. The van der Waals surface area contributed by atoms with Crippen molar-refractivity contribution in [3.8, 4) is 0 Å². The molecule has 2 nitrogen and oxygen atoms in total. The van der Waals surface area contributed by atoms with Crippen molar-refractivity contribution in [2.75, 3.05) is 0 Å². The van der Waals surface area contributed by atoms with E-state index in [1.54, 1.807) is 5.56 Å². The predicted octanol–water partition coefficient (Wildman–Crippen LogP) is 8.56. The fraction of sp³-hybridized carbons (Fsp3) is 0.536. The summed E-state index contributed by atoms with van der Waals surface area (Å²) in [7, 11) is 0. The topological polar surface area (TPSA) is 17.8 Å². The molecule has 2 saturated carbocycles. The molecule has 1 aromatic heterocycles. The van der Waals surface area contributed by atoms with Crippen LogP contribution < -0.4 is 0 Å². The van der Waals surface area contributed by atoms with Crippen LogP contribution >= 0.6 is 11.6 Å². The molecule has 2 fully saturated rings. The summed E-state index contributed by atoms with van der Waals surface area (Å²) in [6, 6.07) is 17.3. The Kier molecular flexibility index (Phi) is 7.72. The van der Waals surface area contributed by atoms with E-state index in [-0.39, 0.29) is 0 Å². The van der Waals surface area contributed by atoms with Crippen LogP contribution in [0.1, 0.15) is 81.8 Å². The van der Waals surface area contributed by atoms with Crippen LogP contribution in [0.4, 0.5) is 0 Å². The number of aromatic nitrogens is 2. The van der Waals surface area contributed by atoms with E-state index in [2.05, 4.69) is 43.2 Å². The Hall–Kier alpha value is -1.80. The van der Waals surface area contributed by atoms with Gasteiger partial charge in [-0.15, -0.1) is 0 Å². The largest absolute Gasteiger partial charge is 0.264 e. The molecule has 0 amide bonds. The van der Waals surface area contributed by atoms with E-state index in [9.17, 15) is 0 Å². The highest BCUT2D eigenvalue weighted by molar-refractivity contribution is 6.34. The van der Waals surface area contributed by atoms with Gasteiger partial charge in [-0.2, -0.15) is 5.10 Å². The molecule has 2 aliphatic carbocycles. The Morgan fingerprint density at radius 1 is 0.839 bits per heavy atom. The first-order valence-electron chi connectivity index (χ1n) is 12.3. The number of aryl methyl sites for hydroxylation is 2. The minimum atomic E-state index is 0.590. The lowest BCUT2D eigenvalue weighted by Crippen LogP contribution is -2.23. The second-order valence-electron chi connectivity index (χ2n) is 9.54.